The Morgan fingerprint density at radius 2 is 2.24 bits per heavy atom. The standard InChI is InChI=1S/C18H21N3O3S/c1-12-8-9-14(24-12)17-16(13-6-3-4-10-19-13)20-18(25)21(17)11-5-7-15(22)23-2/h3-4,6,8-10,16-17H,5,7,11H2,1-2H3,(H,20,25). The quantitative estimate of drug-likeness (QED) is 0.628. The van der Waals surface area contributed by atoms with Crippen LogP contribution in [0.5, 0.6) is 0 Å². The van der Waals surface area contributed by atoms with Gasteiger partial charge in [0.1, 0.15) is 17.6 Å². The van der Waals surface area contributed by atoms with Crippen LogP contribution in [0.15, 0.2) is 40.9 Å². The summed E-state index contributed by atoms with van der Waals surface area (Å²) in [7, 11) is 1.40. The number of ether oxygens (including phenoxy) is 1. The van der Waals surface area contributed by atoms with Crippen LogP contribution in [-0.2, 0) is 9.53 Å². The first-order valence-corrected chi connectivity index (χ1v) is 8.62. The van der Waals surface area contributed by atoms with Crippen molar-refractivity contribution in [1.29, 1.82) is 0 Å². The van der Waals surface area contributed by atoms with Crippen molar-refractivity contribution < 1.29 is 13.9 Å². The van der Waals surface area contributed by atoms with Gasteiger partial charge in [-0.2, -0.15) is 0 Å². The number of esters is 1. The molecule has 2 atom stereocenters. The molecule has 1 saturated heterocycles. The minimum atomic E-state index is -0.218. The Labute approximate surface area is 152 Å². The van der Waals surface area contributed by atoms with Crippen LogP contribution in [0.3, 0.4) is 0 Å². The van der Waals surface area contributed by atoms with Crippen molar-refractivity contribution in [3.8, 4) is 0 Å². The lowest BCUT2D eigenvalue weighted by Crippen LogP contribution is -2.30. The zero-order valence-electron chi connectivity index (χ0n) is 14.3. The molecule has 0 aromatic carbocycles. The van der Waals surface area contributed by atoms with Gasteiger partial charge in [0.05, 0.1) is 18.8 Å². The molecule has 0 radical (unpaired) electrons. The van der Waals surface area contributed by atoms with Gasteiger partial charge >= 0.3 is 5.97 Å². The van der Waals surface area contributed by atoms with Crippen molar-refractivity contribution in [2.45, 2.75) is 31.8 Å². The second-order valence-electron chi connectivity index (χ2n) is 5.95. The van der Waals surface area contributed by atoms with Crippen LogP contribution in [0.2, 0.25) is 0 Å². The molecule has 1 fully saturated rings. The van der Waals surface area contributed by atoms with E-state index in [0.717, 1.165) is 17.2 Å². The van der Waals surface area contributed by atoms with Crippen molar-refractivity contribution in [2.75, 3.05) is 13.7 Å². The Morgan fingerprint density at radius 1 is 1.40 bits per heavy atom. The lowest BCUT2D eigenvalue weighted by atomic mass is 10.0. The molecule has 6 nitrogen and oxygen atoms in total. The van der Waals surface area contributed by atoms with Gasteiger partial charge in [-0.3, -0.25) is 9.78 Å². The van der Waals surface area contributed by atoms with Gasteiger partial charge in [0, 0.05) is 19.2 Å². The summed E-state index contributed by atoms with van der Waals surface area (Å²) in [6.45, 7) is 2.55. The highest BCUT2D eigenvalue weighted by Crippen LogP contribution is 2.39. The third kappa shape index (κ3) is 3.82. The van der Waals surface area contributed by atoms with Gasteiger partial charge in [-0.15, -0.1) is 0 Å². The van der Waals surface area contributed by atoms with Gasteiger partial charge in [0.2, 0.25) is 0 Å². The Hall–Kier alpha value is -2.41. The summed E-state index contributed by atoms with van der Waals surface area (Å²) >= 11 is 5.54. The highest BCUT2D eigenvalue weighted by Gasteiger charge is 2.41. The van der Waals surface area contributed by atoms with E-state index in [9.17, 15) is 4.79 Å². The largest absolute Gasteiger partial charge is 0.469 e. The molecule has 3 heterocycles. The number of methoxy groups -OCH3 is 1. The summed E-state index contributed by atoms with van der Waals surface area (Å²) < 4.78 is 10.6. The third-order valence-electron chi connectivity index (χ3n) is 4.26. The number of nitrogens with one attached hydrogen (secondary N) is 1. The highest BCUT2D eigenvalue weighted by atomic mass is 32.1. The minimum Gasteiger partial charge on any atom is -0.469 e. The lowest BCUT2D eigenvalue weighted by molar-refractivity contribution is -0.140. The number of rotatable bonds is 6. The van der Waals surface area contributed by atoms with Gasteiger partial charge < -0.3 is 19.4 Å². The number of aromatic nitrogens is 1. The van der Waals surface area contributed by atoms with Crippen LogP contribution in [0.4, 0.5) is 0 Å². The molecule has 1 aliphatic rings. The molecule has 1 aliphatic heterocycles. The number of carbonyl (C=O) groups is 1. The van der Waals surface area contributed by atoms with Gasteiger partial charge in [-0.25, -0.2) is 0 Å². The average Bonchev–Trinajstić information content (AvgIpc) is 3.19. The monoisotopic (exact) mass is 359 g/mol. The van der Waals surface area contributed by atoms with Gasteiger partial charge in [0.25, 0.3) is 0 Å². The molecule has 7 heteroatoms. The van der Waals surface area contributed by atoms with Crippen LogP contribution in [-0.4, -0.2) is 34.6 Å². The molecular formula is C18H21N3O3S. The van der Waals surface area contributed by atoms with Crippen molar-refractivity contribution in [3.63, 3.8) is 0 Å². The first kappa shape index (κ1) is 17.4. The average molecular weight is 359 g/mol. The van der Waals surface area contributed by atoms with Gasteiger partial charge in [-0.1, -0.05) is 6.07 Å². The van der Waals surface area contributed by atoms with E-state index in [4.69, 9.17) is 21.4 Å². The van der Waals surface area contributed by atoms with Crippen molar-refractivity contribution in [3.05, 3.63) is 53.7 Å². The molecule has 0 saturated carbocycles. The Balaban J connectivity index is 1.85. The maximum absolute atomic E-state index is 11.4. The fourth-order valence-electron chi connectivity index (χ4n) is 3.06. The van der Waals surface area contributed by atoms with Crippen LogP contribution < -0.4 is 5.32 Å². The molecule has 0 aliphatic carbocycles. The maximum atomic E-state index is 11.4. The van der Waals surface area contributed by atoms with E-state index in [1.165, 1.54) is 7.11 Å². The Bertz CT molecular complexity index is 747. The zero-order valence-corrected chi connectivity index (χ0v) is 15.1. The van der Waals surface area contributed by atoms with E-state index in [-0.39, 0.29) is 18.1 Å². The fourth-order valence-corrected chi connectivity index (χ4v) is 3.40. The number of nitrogens with zero attached hydrogens (tertiary/aromatic N) is 2. The lowest BCUT2D eigenvalue weighted by Gasteiger charge is -2.25. The number of pyridine rings is 1. The first-order valence-electron chi connectivity index (χ1n) is 8.21. The molecule has 3 rings (SSSR count). The van der Waals surface area contributed by atoms with E-state index < -0.39 is 0 Å². The first-order chi connectivity index (χ1) is 12.1. The van der Waals surface area contributed by atoms with E-state index in [0.29, 0.717) is 24.5 Å². The van der Waals surface area contributed by atoms with Gasteiger partial charge in [-0.05, 0) is 49.8 Å². The number of thiocarbonyl (C=S) groups is 1. The molecular weight excluding hydrogens is 338 g/mol. The van der Waals surface area contributed by atoms with Crippen LogP contribution in [0, 0.1) is 6.92 Å². The highest BCUT2D eigenvalue weighted by molar-refractivity contribution is 7.80. The normalized spacial score (nSPS) is 19.8. The number of hydrogen-bond acceptors (Lipinski definition) is 5. The SMILES string of the molecule is COC(=O)CCCN1C(=S)NC(c2ccccn2)C1c1ccc(C)o1. The molecule has 1 N–H and O–H groups in total. The Kier molecular flexibility index (Phi) is 5.33. The molecule has 0 bridgehead atoms. The van der Waals surface area contributed by atoms with E-state index >= 15 is 0 Å². The van der Waals surface area contributed by atoms with Crippen LogP contribution in [0.25, 0.3) is 0 Å². The third-order valence-corrected chi connectivity index (χ3v) is 4.61. The molecule has 25 heavy (non-hydrogen) atoms. The summed E-state index contributed by atoms with van der Waals surface area (Å²) in [5, 5.41) is 3.99. The topological polar surface area (TPSA) is 67.6 Å². The van der Waals surface area contributed by atoms with E-state index in [1.807, 2.05) is 37.3 Å². The summed E-state index contributed by atoms with van der Waals surface area (Å²) in [6.07, 6.45) is 2.78. The second kappa shape index (κ2) is 7.65. The predicted molar refractivity (Wildman–Crippen MR) is 96.9 cm³/mol. The van der Waals surface area contributed by atoms with E-state index in [2.05, 4.69) is 15.2 Å². The molecule has 0 amide bonds. The maximum Gasteiger partial charge on any atom is 0.305 e. The number of hydrogen-bond donors (Lipinski definition) is 1. The van der Waals surface area contributed by atoms with Crippen LogP contribution in [0.1, 0.15) is 42.1 Å². The van der Waals surface area contributed by atoms with Crippen molar-refractivity contribution in [1.82, 2.24) is 15.2 Å². The van der Waals surface area contributed by atoms with Crippen molar-refractivity contribution in [2.24, 2.45) is 0 Å². The molecule has 132 valence electrons. The summed E-state index contributed by atoms with van der Waals surface area (Å²) in [6, 6.07) is 9.53. The summed E-state index contributed by atoms with van der Waals surface area (Å²) in [5.41, 5.74) is 0.902. The smallest absolute Gasteiger partial charge is 0.305 e. The number of aryl methyl sites for hydroxylation is 1. The predicted octanol–water partition coefficient (Wildman–Crippen LogP) is 2.91. The second-order valence-corrected chi connectivity index (χ2v) is 6.33. The number of carbonyl (C=O) groups excluding carboxylic acids is 1. The van der Waals surface area contributed by atoms with E-state index in [1.54, 1.807) is 6.20 Å². The fraction of sp³-hybridized carbons (Fsp3) is 0.389. The molecule has 2 aromatic rings. The summed E-state index contributed by atoms with van der Waals surface area (Å²) in [5.74, 6) is 1.46. The summed E-state index contributed by atoms with van der Waals surface area (Å²) in [4.78, 5) is 17.9. The zero-order chi connectivity index (χ0) is 17.8. The van der Waals surface area contributed by atoms with Crippen LogP contribution >= 0.6 is 12.2 Å². The molecule has 2 aromatic heterocycles. The molecule has 2 unspecified atom stereocenters. The molecule has 0 spiro atoms. The minimum absolute atomic E-state index is 0.0997. The van der Waals surface area contributed by atoms with Crippen molar-refractivity contribution >= 4 is 23.3 Å². The number of furan rings is 1. The Morgan fingerprint density at radius 3 is 2.88 bits per heavy atom. The van der Waals surface area contributed by atoms with Gasteiger partial charge in [0.15, 0.2) is 5.11 Å².